The second kappa shape index (κ2) is 1.37. The van der Waals surface area contributed by atoms with Gasteiger partial charge in [-0.05, 0) is 19.8 Å². The fraction of sp³-hybridized carbons (Fsp3) is 0.857. The van der Waals surface area contributed by atoms with Gasteiger partial charge in [0.05, 0.1) is 17.6 Å². The normalized spacial score (nSPS) is 50.5. The molecule has 3 heteroatoms. The molecule has 0 aromatic rings. The number of carbonyl (C=O) groups is 1. The Bertz CT molecular complexity index is 194. The first-order chi connectivity index (χ1) is 4.56. The molecule has 0 atom stereocenters. The van der Waals surface area contributed by atoms with E-state index in [1.165, 1.54) is 0 Å². The van der Waals surface area contributed by atoms with Gasteiger partial charge >= 0.3 is 0 Å². The number of nitrogens with two attached hydrogens (primary N) is 1. The molecule has 0 radical (unpaired) electrons. The van der Waals surface area contributed by atoms with E-state index in [2.05, 4.69) is 0 Å². The summed E-state index contributed by atoms with van der Waals surface area (Å²) >= 11 is 0. The van der Waals surface area contributed by atoms with Gasteiger partial charge in [-0.3, -0.25) is 4.79 Å². The van der Waals surface area contributed by atoms with Crippen molar-refractivity contribution in [3.63, 3.8) is 0 Å². The molecule has 3 nitrogen and oxygen atoms in total. The molecule has 2 heterocycles. The van der Waals surface area contributed by atoms with E-state index in [-0.39, 0.29) is 16.9 Å². The van der Waals surface area contributed by atoms with Crippen molar-refractivity contribution in [3.8, 4) is 0 Å². The molecule has 1 aliphatic carbocycles. The molecule has 3 fully saturated rings. The monoisotopic (exact) mass is 141 g/mol. The minimum Gasteiger partial charge on any atom is -0.374 e. The highest BCUT2D eigenvalue weighted by atomic mass is 16.5. The van der Waals surface area contributed by atoms with Crippen LogP contribution in [-0.2, 0) is 9.53 Å². The van der Waals surface area contributed by atoms with E-state index in [0.29, 0.717) is 6.61 Å². The van der Waals surface area contributed by atoms with E-state index in [0.717, 1.165) is 12.8 Å². The molecule has 0 aromatic heterocycles. The van der Waals surface area contributed by atoms with E-state index < -0.39 is 0 Å². The standard InChI is InChI=1S/C7H11NO2/c1-6-2-7(3-6,4-10-6)5(8)9/h2-4H2,1H3,(H2,8,9). The van der Waals surface area contributed by atoms with Crippen LogP contribution in [-0.4, -0.2) is 18.1 Å². The second-order valence-electron chi connectivity index (χ2n) is 3.74. The van der Waals surface area contributed by atoms with E-state index in [1.54, 1.807) is 0 Å². The molecule has 3 rings (SSSR count). The SMILES string of the molecule is CC12CC(C(N)=O)(CO1)C2. The Morgan fingerprint density at radius 3 is 2.40 bits per heavy atom. The number of carbonyl (C=O) groups excluding carboxylic acids is 1. The van der Waals surface area contributed by atoms with Crippen LogP contribution in [0.3, 0.4) is 0 Å². The summed E-state index contributed by atoms with van der Waals surface area (Å²) in [5.41, 5.74) is 4.91. The number of hydrogen-bond acceptors (Lipinski definition) is 2. The van der Waals surface area contributed by atoms with Crippen LogP contribution in [0.25, 0.3) is 0 Å². The fourth-order valence-corrected chi connectivity index (χ4v) is 2.14. The summed E-state index contributed by atoms with van der Waals surface area (Å²) in [6.45, 7) is 2.57. The summed E-state index contributed by atoms with van der Waals surface area (Å²) < 4.78 is 5.38. The Balaban J connectivity index is 2.20. The van der Waals surface area contributed by atoms with Gasteiger partial charge in [-0.1, -0.05) is 0 Å². The first-order valence-corrected chi connectivity index (χ1v) is 3.50. The third-order valence-corrected chi connectivity index (χ3v) is 2.64. The maximum atomic E-state index is 10.8. The van der Waals surface area contributed by atoms with Crippen molar-refractivity contribution < 1.29 is 9.53 Å². The molecule has 1 saturated carbocycles. The van der Waals surface area contributed by atoms with Crippen LogP contribution in [0.4, 0.5) is 0 Å². The van der Waals surface area contributed by atoms with E-state index in [1.807, 2.05) is 6.92 Å². The van der Waals surface area contributed by atoms with E-state index in [4.69, 9.17) is 10.5 Å². The molecular weight excluding hydrogens is 130 g/mol. The highest BCUT2D eigenvalue weighted by Gasteiger charge is 2.63. The van der Waals surface area contributed by atoms with Gasteiger partial charge in [0.2, 0.25) is 5.91 Å². The maximum Gasteiger partial charge on any atom is 0.226 e. The Kier molecular flexibility index (Phi) is 0.844. The van der Waals surface area contributed by atoms with Gasteiger partial charge in [-0.2, -0.15) is 0 Å². The number of amides is 1. The lowest BCUT2D eigenvalue weighted by Gasteiger charge is -2.39. The summed E-state index contributed by atoms with van der Waals surface area (Å²) in [4.78, 5) is 10.8. The van der Waals surface area contributed by atoms with Gasteiger partial charge in [0, 0.05) is 0 Å². The van der Waals surface area contributed by atoms with Crippen LogP contribution >= 0.6 is 0 Å². The Morgan fingerprint density at radius 2 is 2.20 bits per heavy atom. The quantitative estimate of drug-likeness (QED) is 0.560. The van der Waals surface area contributed by atoms with Crippen LogP contribution in [0.2, 0.25) is 0 Å². The molecule has 0 spiro atoms. The zero-order valence-electron chi connectivity index (χ0n) is 6.02. The number of hydrogen-bond donors (Lipinski definition) is 1. The molecule has 2 aliphatic heterocycles. The maximum absolute atomic E-state index is 10.8. The summed E-state index contributed by atoms with van der Waals surface area (Å²) in [5, 5.41) is 0. The summed E-state index contributed by atoms with van der Waals surface area (Å²) in [6.07, 6.45) is 1.66. The molecule has 10 heavy (non-hydrogen) atoms. The van der Waals surface area contributed by atoms with Crippen molar-refractivity contribution in [3.05, 3.63) is 0 Å². The molecule has 3 aliphatic rings. The van der Waals surface area contributed by atoms with Gasteiger partial charge in [-0.25, -0.2) is 0 Å². The molecule has 0 aromatic carbocycles. The first kappa shape index (κ1) is 6.16. The third-order valence-electron chi connectivity index (χ3n) is 2.64. The van der Waals surface area contributed by atoms with Crippen LogP contribution in [0.5, 0.6) is 0 Å². The van der Waals surface area contributed by atoms with Gasteiger partial charge in [-0.15, -0.1) is 0 Å². The summed E-state index contributed by atoms with van der Waals surface area (Å²) in [5.74, 6) is -0.192. The molecule has 2 bridgehead atoms. The van der Waals surface area contributed by atoms with Crippen molar-refractivity contribution >= 4 is 5.91 Å². The van der Waals surface area contributed by atoms with Crippen molar-refractivity contribution in [2.24, 2.45) is 11.1 Å². The zero-order chi connectivity index (χ0) is 7.41. The highest BCUT2D eigenvalue weighted by molar-refractivity contribution is 5.83. The van der Waals surface area contributed by atoms with Crippen molar-refractivity contribution in [2.75, 3.05) is 6.61 Å². The predicted octanol–water partition coefficient (Wildman–Crippen LogP) is 0.0408. The minimum atomic E-state index is -0.283. The van der Waals surface area contributed by atoms with Crippen LogP contribution in [0.1, 0.15) is 19.8 Å². The summed E-state index contributed by atoms with van der Waals surface area (Å²) in [6, 6.07) is 0. The minimum absolute atomic E-state index is 0.0188. The molecule has 0 unspecified atom stereocenters. The topological polar surface area (TPSA) is 52.3 Å². The number of primary amides is 1. The lowest BCUT2D eigenvalue weighted by molar-refractivity contribution is -0.131. The smallest absolute Gasteiger partial charge is 0.226 e. The first-order valence-electron chi connectivity index (χ1n) is 3.50. The molecular formula is C7H11NO2. The summed E-state index contributed by atoms with van der Waals surface area (Å²) in [7, 11) is 0. The Morgan fingerprint density at radius 1 is 1.60 bits per heavy atom. The highest BCUT2D eigenvalue weighted by Crippen LogP contribution is 2.57. The molecule has 56 valence electrons. The van der Waals surface area contributed by atoms with Crippen LogP contribution in [0.15, 0.2) is 0 Å². The van der Waals surface area contributed by atoms with E-state index >= 15 is 0 Å². The van der Waals surface area contributed by atoms with Crippen LogP contribution in [0, 0.1) is 5.41 Å². The van der Waals surface area contributed by atoms with Gasteiger partial charge in [0.1, 0.15) is 0 Å². The lowest BCUT2D eigenvalue weighted by atomic mass is 9.63. The predicted molar refractivity (Wildman–Crippen MR) is 35.2 cm³/mol. The number of rotatable bonds is 1. The third kappa shape index (κ3) is 0.515. The van der Waals surface area contributed by atoms with Gasteiger partial charge in [0.15, 0.2) is 0 Å². The fourth-order valence-electron chi connectivity index (χ4n) is 2.14. The largest absolute Gasteiger partial charge is 0.374 e. The molecule has 2 N–H and O–H groups in total. The van der Waals surface area contributed by atoms with E-state index in [9.17, 15) is 4.79 Å². The van der Waals surface area contributed by atoms with Crippen molar-refractivity contribution in [1.82, 2.24) is 0 Å². The molecule has 2 saturated heterocycles. The van der Waals surface area contributed by atoms with Crippen LogP contribution < -0.4 is 5.73 Å². The van der Waals surface area contributed by atoms with Gasteiger partial charge < -0.3 is 10.5 Å². The molecule has 1 amide bonds. The van der Waals surface area contributed by atoms with Gasteiger partial charge in [0.25, 0.3) is 0 Å². The van der Waals surface area contributed by atoms with Crippen molar-refractivity contribution in [1.29, 1.82) is 0 Å². The average molecular weight is 141 g/mol. The average Bonchev–Trinajstić information content (AvgIpc) is 2.19. The van der Waals surface area contributed by atoms with Crippen molar-refractivity contribution in [2.45, 2.75) is 25.4 Å². The number of ether oxygens (including phenoxy) is 1. The lowest BCUT2D eigenvalue weighted by Crippen LogP contribution is -2.49. The second-order valence-corrected chi connectivity index (χ2v) is 3.74. The number of fused-ring (bicyclic) bond motifs is 1. The zero-order valence-corrected chi connectivity index (χ0v) is 6.02. The Labute approximate surface area is 59.5 Å². The Hall–Kier alpha value is -0.570.